The Hall–Kier alpha value is -1.17. The molecule has 55 heavy (non-hydrogen) atoms. The highest BCUT2D eigenvalue weighted by Gasteiger charge is 2.20. The summed E-state index contributed by atoms with van der Waals surface area (Å²) in [6, 6.07) is -0.745. The molecule has 0 aliphatic heterocycles. The van der Waals surface area contributed by atoms with Gasteiger partial charge in [0.15, 0.2) is 0 Å². The van der Waals surface area contributed by atoms with Gasteiger partial charge < -0.3 is 20.6 Å². The third kappa shape index (κ3) is 42.3. The van der Waals surface area contributed by atoms with Gasteiger partial charge in [-0.05, 0) is 44.9 Å². The molecule has 0 rings (SSSR count). The second kappa shape index (κ2) is 45.5. The molecule has 0 aromatic carbocycles. The maximum absolute atomic E-state index is 12.5. The van der Waals surface area contributed by atoms with E-state index in [0.717, 1.165) is 38.5 Å². The van der Waals surface area contributed by atoms with E-state index in [4.69, 9.17) is 0 Å². The highest BCUT2D eigenvalue weighted by Crippen LogP contribution is 2.16. The first kappa shape index (κ1) is 53.8. The van der Waals surface area contributed by atoms with Crippen molar-refractivity contribution in [2.45, 2.75) is 283 Å². The van der Waals surface area contributed by atoms with E-state index in [-0.39, 0.29) is 18.9 Å². The fourth-order valence-electron chi connectivity index (χ4n) is 7.69. The number of aliphatic hydroxyl groups is 3. The average Bonchev–Trinajstić information content (AvgIpc) is 3.18. The summed E-state index contributed by atoms with van der Waals surface area (Å²) < 4.78 is 0. The van der Waals surface area contributed by atoms with Gasteiger partial charge in [-0.3, -0.25) is 4.79 Å². The fourth-order valence-corrected chi connectivity index (χ4v) is 7.69. The lowest BCUT2D eigenvalue weighted by Gasteiger charge is -2.21. The van der Waals surface area contributed by atoms with Gasteiger partial charge in [0.05, 0.1) is 31.3 Å². The number of hydrogen-bond acceptors (Lipinski definition) is 4. The molecular formula is C50H97NO4. The monoisotopic (exact) mass is 776 g/mol. The SMILES string of the molecule is CCCCCCCCCC/C=C\CCCCCCCC(O)CC(=O)NC(CO)C(O)/C=C/CCCCCCCCCCCCCCCCCCCCCCC. The van der Waals surface area contributed by atoms with Crippen LogP contribution in [0.4, 0.5) is 0 Å². The predicted octanol–water partition coefficient (Wildman–Crippen LogP) is 14.6. The number of amides is 1. The smallest absolute Gasteiger partial charge is 0.222 e. The fraction of sp³-hybridized carbons (Fsp3) is 0.900. The molecule has 0 fully saturated rings. The number of carbonyl (C=O) groups excluding carboxylic acids is 1. The molecule has 0 aliphatic carbocycles. The van der Waals surface area contributed by atoms with E-state index < -0.39 is 18.2 Å². The number of allylic oxidation sites excluding steroid dienone is 3. The van der Waals surface area contributed by atoms with Crippen molar-refractivity contribution in [1.82, 2.24) is 5.32 Å². The van der Waals surface area contributed by atoms with Gasteiger partial charge in [-0.1, -0.05) is 237 Å². The normalized spacial score (nSPS) is 13.6. The third-order valence-corrected chi connectivity index (χ3v) is 11.5. The number of rotatable bonds is 45. The Morgan fingerprint density at radius 1 is 0.455 bits per heavy atom. The summed E-state index contributed by atoms with van der Waals surface area (Å²) in [6.07, 6.45) is 56.2. The maximum atomic E-state index is 12.5. The Morgan fingerprint density at radius 2 is 0.764 bits per heavy atom. The van der Waals surface area contributed by atoms with Crippen LogP contribution < -0.4 is 5.32 Å². The van der Waals surface area contributed by atoms with Crippen molar-refractivity contribution < 1.29 is 20.1 Å². The minimum absolute atomic E-state index is 0.00995. The third-order valence-electron chi connectivity index (χ3n) is 11.5. The van der Waals surface area contributed by atoms with Crippen molar-refractivity contribution in [3.8, 4) is 0 Å². The molecule has 5 heteroatoms. The summed E-state index contributed by atoms with van der Waals surface area (Å²) in [7, 11) is 0. The Bertz CT molecular complexity index is 814. The molecule has 5 nitrogen and oxygen atoms in total. The molecule has 0 heterocycles. The van der Waals surface area contributed by atoms with E-state index >= 15 is 0 Å². The number of hydrogen-bond donors (Lipinski definition) is 4. The minimum Gasteiger partial charge on any atom is -0.394 e. The number of aliphatic hydroxyl groups excluding tert-OH is 3. The largest absolute Gasteiger partial charge is 0.394 e. The molecule has 0 aromatic rings. The average molecular weight is 776 g/mol. The van der Waals surface area contributed by atoms with Gasteiger partial charge in [0, 0.05) is 0 Å². The summed E-state index contributed by atoms with van der Waals surface area (Å²) in [5.41, 5.74) is 0. The lowest BCUT2D eigenvalue weighted by atomic mass is 10.0. The zero-order chi connectivity index (χ0) is 40.1. The van der Waals surface area contributed by atoms with Crippen LogP contribution in [0.2, 0.25) is 0 Å². The predicted molar refractivity (Wildman–Crippen MR) is 241 cm³/mol. The first-order valence-electron chi connectivity index (χ1n) is 24.6. The standard InChI is InChI=1S/C50H97NO4/c1-3-5-7-9-11-13-15-17-19-21-22-23-24-25-26-28-30-32-34-36-38-40-42-44-49(54)48(46-52)51-50(55)45-47(53)43-41-39-37-35-33-31-29-27-20-18-16-14-12-10-8-6-4-2/h27,29,42,44,47-49,52-54H,3-26,28,30-41,43,45-46H2,1-2H3,(H,51,55)/b29-27-,44-42+. The van der Waals surface area contributed by atoms with Crippen LogP contribution in [0.15, 0.2) is 24.3 Å². The summed E-state index contributed by atoms with van der Waals surface area (Å²) in [5.74, 6) is -0.317. The van der Waals surface area contributed by atoms with E-state index in [1.807, 2.05) is 6.08 Å². The Kier molecular flexibility index (Phi) is 44.6. The summed E-state index contributed by atoms with van der Waals surface area (Å²) in [4.78, 5) is 12.5. The van der Waals surface area contributed by atoms with Gasteiger partial charge in [-0.25, -0.2) is 0 Å². The Labute approximate surface area is 343 Å². The van der Waals surface area contributed by atoms with E-state index in [1.165, 1.54) is 199 Å². The number of unbranched alkanes of at least 4 members (excludes halogenated alkanes) is 34. The molecule has 0 bridgehead atoms. The van der Waals surface area contributed by atoms with Crippen LogP contribution in [0.3, 0.4) is 0 Å². The highest BCUT2D eigenvalue weighted by molar-refractivity contribution is 5.76. The van der Waals surface area contributed by atoms with E-state index in [9.17, 15) is 20.1 Å². The second-order valence-electron chi connectivity index (χ2n) is 17.1. The van der Waals surface area contributed by atoms with Gasteiger partial charge in [0.2, 0.25) is 5.91 Å². The molecule has 1 amide bonds. The molecule has 0 aliphatic rings. The van der Waals surface area contributed by atoms with Gasteiger partial charge in [0.25, 0.3) is 0 Å². The van der Waals surface area contributed by atoms with E-state index in [1.54, 1.807) is 6.08 Å². The van der Waals surface area contributed by atoms with Crippen LogP contribution >= 0.6 is 0 Å². The molecule has 0 saturated carbocycles. The molecule has 326 valence electrons. The van der Waals surface area contributed by atoms with Crippen LogP contribution in [-0.2, 0) is 4.79 Å². The minimum atomic E-state index is -0.930. The first-order chi connectivity index (χ1) is 27.0. The second-order valence-corrected chi connectivity index (χ2v) is 17.1. The Balaban J connectivity index is 3.62. The summed E-state index contributed by atoms with van der Waals surface area (Å²) in [6.45, 7) is 4.23. The first-order valence-corrected chi connectivity index (χ1v) is 24.6. The van der Waals surface area contributed by atoms with Crippen LogP contribution in [0.25, 0.3) is 0 Å². The van der Waals surface area contributed by atoms with Crippen molar-refractivity contribution in [3.05, 3.63) is 24.3 Å². The molecule has 0 spiro atoms. The summed E-state index contributed by atoms with van der Waals surface area (Å²) in [5, 5.41) is 33.3. The van der Waals surface area contributed by atoms with Crippen LogP contribution in [-0.4, -0.2) is 46.1 Å². The van der Waals surface area contributed by atoms with Crippen molar-refractivity contribution in [2.75, 3.05) is 6.61 Å². The van der Waals surface area contributed by atoms with E-state index in [2.05, 4.69) is 31.3 Å². The molecule has 3 unspecified atom stereocenters. The molecule has 0 saturated heterocycles. The number of nitrogens with one attached hydrogen (secondary N) is 1. The van der Waals surface area contributed by atoms with Gasteiger partial charge in [-0.15, -0.1) is 0 Å². The highest BCUT2D eigenvalue weighted by atomic mass is 16.3. The molecule has 0 radical (unpaired) electrons. The topological polar surface area (TPSA) is 89.8 Å². The van der Waals surface area contributed by atoms with Crippen LogP contribution in [0, 0.1) is 0 Å². The van der Waals surface area contributed by atoms with Crippen LogP contribution in [0.1, 0.15) is 264 Å². The zero-order valence-electron chi connectivity index (χ0n) is 37.1. The lowest BCUT2D eigenvalue weighted by Crippen LogP contribution is -2.45. The molecule has 4 N–H and O–H groups in total. The summed E-state index contributed by atoms with van der Waals surface area (Å²) >= 11 is 0. The van der Waals surface area contributed by atoms with Crippen molar-refractivity contribution in [1.29, 1.82) is 0 Å². The van der Waals surface area contributed by atoms with Crippen LogP contribution in [0.5, 0.6) is 0 Å². The Morgan fingerprint density at radius 3 is 1.11 bits per heavy atom. The zero-order valence-corrected chi connectivity index (χ0v) is 37.1. The molecule has 0 aromatic heterocycles. The van der Waals surface area contributed by atoms with Gasteiger partial charge in [0.1, 0.15) is 0 Å². The van der Waals surface area contributed by atoms with Crippen molar-refractivity contribution >= 4 is 5.91 Å². The number of carbonyl (C=O) groups is 1. The van der Waals surface area contributed by atoms with Crippen molar-refractivity contribution in [2.24, 2.45) is 0 Å². The van der Waals surface area contributed by atoms with Gasteiger partial charge in [-0.2, -0.15) is 0 Å². The van der Waals surface area contributed by atoms with Gasteiger partial charge >= 0.3 is 0 Å². The quantitative estimate of drug-likeness (QED) is 0.0366. The van der Waals surface area contributed by atoms with Crippen molar-refractivity contribution in [3.63, 3.8) is 0 Å². The van der Waals surface area contributed by atoms with E-state index in [0.29, 0.717) is 6.42 Å². The molecular weight excluding hydrogens is 679 g/mol. The maximum Gasteiger partial charge on any atom is 0.222 e. The lowest BCUT2D eigenvalue weighted by molar-refractivity contribution is -0.124. The molecule has 3 atom stereocenters.